The molecule has 0 atom stereocenters. The number of rotatable bonds is 6. The molecule has 0 aliphatic heterocycles. The van der Waals surface area contributed by atoms with Crippen LogP contribution in [0.4, 0.5) is 0 Å². The van der Waals surface area contributed by atoms with E-state index in [0.717, 1.165) is 17.0 Å². The molecule has 11 heavy (non-hydrogen) atoms. The van der Waals surface area contributed by atoms with Gasteiger partial charge >= 0.3 is 83.9 Å². The molecular formula is C7H14HgNO2. The summed E-state index contributed by atoms with van der Waals surface area (Å²) < 4.78 is 5.92. The summed E-state index contributed by atoms with van der Waals surface area (Å²) in [5.74, 6) is 0.174. The Morgan fingerprint density at radius 1 is 1.55 bits per heavy atom. The Bertz CT molecular complexity index is 109. The summed E-state index contributed by atoms with van der Waals surface area (Å²) in [5, 5.41) is 2.78. The van der Waals surface area contributed by atoms with Crippen LogP contribution in [-0.4, -0.2) is 25.7 Å². The maximum absolute atomic E-state index is 10.7. The van der Waals surface area contributed by atoms with Crippen molar-refractivity contribution in [2.24, 2.45) is 0 Å². The van der Waals surface area contributed by atoms with Gasteiger partial charge in [0, 0.05) is 0 Å². The third-order valence-corrected chi connectivity index (χ3v) is 2.91. The zero-order valence-corrected chi connectivity index (χ0v) is 12.6. The van der Waals surface area contributed by atoms with Crippen molar-refractivity contribution in [2.45, 2.75) is 17.3 Å². The van der Waals surface area contributed by atoms with Crippen molar-refractivity contribution < 1.29 is 35.7 Å². The molecule has 1 N–H and O–H groups in total. The van der Waals surface area contributed by atoms with Gasteiger partial charge in [0.05, 0.1) is 0 Å². The number of nitrogens with one attached hydrogen (secondary N) is 1. The average Bonchev–Trinajstić information content (AvgIpc) is 2.04. The number of hydrogen-bond acceptors (Lipinski definition) is 2. The van der Waals surface area contributed by atoms with Gasteiger partial charge in [-0.1, -0.05) is 0 Å². The van der Waals surface area contributed by atoms with Gasteiger partial charge in [-0.15, -0.1) is 0 Å². The average molecular weight is 345 g/mol. The number of carbonyl (C=O) groups is 1. The summed E-state index contributed by atoms with van der Waals surface area (Å²) in [4.78, 5) is 10.7. The van der Waals surface area contributed by atoms with Crippen molar-refractivity contribution >= 4 is 5.91 Å². The molecule has 0 aliphatic carbocycles. The van der Waals surface area contributed by atoms with Crippen LogP contribution in [-0.2, 0) is 35.7 Å². The Balaban J connectivity index is 2.95. The summed E-state index contributed by atoms with van der Waals surface area (Å²) in [7, 11) is 0. The van der Waals surface area contributed by atoms with E-state index in [1.807, 2.05) is 0 Å². The van der Waals surface area contributed by atoms with Gasteiger partial charge < -0.3 is 0 Å². The van der Waals surface area contributed by atoms with Crippen molar-refractivity contribution in [1.29, 1.82) is 0 Å². The van der Waals surface area contributed by atoms with Gasteiger partial charge in [0.25, 0.3) is 0 Å². The Labute approximate surface area is 83.8 Å². The van der Waals surface area contributed by atoms with E-state index < -0.39 is 0 Å². The monoisotopic (exact) mass is 346 g/mol. The maximum atomic E-state index is 10.7. The summed E-state index contributed by atoms with van der Waals surface area (Å²) in [6, 6.07) is 0. The van der Waals surface area contributed by atoms with E-state index in [1.54, 1.807) is 0 Å². The first-order chi connectivity index (χ1) is 5.31. The van der Waals surface area contributed by atoms with Crippen molar-refractivity contribution in [2.75, 3.05) is 19.8 Å². The van der Waals surface area contributed by atoms with Crippen LogP contribution >= 0.6 is 0 Å². The van der Waals surface area contributed by atoms with Crippen molar-refractivity contribution in [3.8, 4) is 0 Å². The summed E-state index contributed by atoms with van der Waals surface area (Å²) in [6.45, 7) is 4.17. The van der Waals surface area contributed by atoms with E-state index in [2.05, 4.69) is 12.2 Å². The number of amides is 1. The Morgan fingerprint density at radius 2 is 2.27 bits per heavy atom. The second-order valence-corrected chi connectivity index (χ2v) is 4.16. The van der Waals surface area contributed by atoms with Crippen LogP contribution < -0.4 is 5.32 Å². The Kier molecular flexibility index (Phi) is 8.74. The van der Waals surface area contributed by atoms with E-state index in [9.17, 15) is 4.79 Å². The molecule has 0 saturated carbocycles. The number of hydrogen-bond donors (Lipinski definition) is 1. The van der Waals surface area contributed by atoms with Crippen molar-refractivity contribution in [3.63, 3.8) is 0 Å². The van der Waals surface area contributed by atoms with Crippen molar-refractivity contribution in [1.82, 2.24) is 5.32 Å². The van der Waals surface area contributed by atoms with Gasteiger partial charge in [0.15, 0.2) is 0 Å². The van der Waals surface area contributed by atoms with Gasteiger partial charge in [-0.25, -0.2) is 0 Å². The molecule has 0 aromatic rings. The zero-order chi connectivity index (χ0) is 8.53. The van der Waals surface area contributed by atoms with Crippen LogP contribution in [0.1, 0.15) is 13.3 Å². The minimum absolute atomic E-state index is 0.174. The van der Waals surface area contributed by atoms with Gasteiger partial charge in [-0.05, 0) is 0 Å². The molecule has 0 aromatic carbocycles. The van der Waals surface area contributed by atoms with E-state index >= 15 is 0 Å². The predicted molar refractivity (Wildman–Crippen MR) is 38.9 cm³/mol. The van der Waals surface area contributed by atoms with Crippen LogP contribution in [0.3, 0.4) is 0 Å². The van der Waals surface area contributed by atoms with Crippen molar-refractivity contribution in [3.05, 3.63) is 0 Å². The van der Waals surface area contributed by atoms with Crippen LogP contribution in [0.15, 0.2) is 0 Å². The van der Waals surface area contributed by atoms with Crippen LogP contribution in [0.25, 0.3) is 0 Å². The molecule has 0 rings (SSSR count). The van der Waals surface area contributed by atoms with Gasteiger partial charge in [-0.3, -0.25) is 0 Å². The number of carbonyl (C=O) groups excluding carboxylic acids is 1. The molecule has 0 fully saturated rings. The second kappa shape index (κ2) is 8.46. The number of ether oxygens (including phenoxy) is 1. The van der Waals surface area contributed by atoms with Crippen LogP contribution in [0, 0.1) is 0 Å². The SMILES string of the molecule is CCCOCCNC(=O)[CH2][Hg]. The molecule has 0 bridgehead atoms. The Hall–Kier alpha value is 0.365. The van der Waals surface area contributed by atoms with E-state index in [1.165, 1.54) is 0 Å². The predicted octanol–water partition coefficient (Wildman–Crippen LogP) is 0.494. The van der Waals surface area contributed by atoms with Crippen LogP contribution in [0.5, 0.6) is 0 Å². The topological polar surface area (TPSA) is 38.3 Å². The first-order valence-electron chi connectivity index (χ1n) is 3.95. The molecule has 4 heteroatoms. The molecule has 3 nitrogen and oxygen atoms in total. The third kappa shape index (κ3) is 8.27. The third-order valence-electron chi connectivity index (χ3n) is 1.14. The Morgan fingerprint density at radius 3 is 2.82 bits per heavy atom. The van der Waals surface area contributed by atoms with Gasteiger partial charge in [0.1, 0.15) is 0 Å². The second-order valence-electron chi connectivity index (χ2n) is 2.21. The summed E-state index contributed by atoms with van der Waals surface area (Å²) in [5.41, 5.74) is 0. The minimum atomic E-state index is 0.174. The fraction of sp³-hybridized carbons (Fsp3) is 0.857. The van der Waals surface area contributed by atoms with E-state index in [0.29, 0.717) is 39.3 Å². The summed E-state index contributed by atoms with van der Waals surface area (Å²) in [6.07, 6.45) is 1.04. The summed E-state index contributed by atoms with van der Waals surface area (Å²) >= 11 is 0.582. The zero-order valence-electron chi connectivity index (χ0n) is 7.06. The first-order valence-corrected chi connectivity index (χ1v) is 7.83. The molecule has 0 unspecified atom stereocenters. The molecule has 1 amide bonds. The fourth-order valence-corrected chi connectivity index (χ4v) is 1.28. The molecule has 0 heterocycles. The van der Waals surface area contributed by atoms with Crippen LogP contribution in [0.2, 0.25) is 3.93 Å². The normalized spacial score (nSPS) is 9.73. The molecule has 0 saturated heterocycles. The molecule has 0 aliphatic rings. The van der Waals surface area contributed by atoms with E-state index in [-0.39, 0.29) is 5.91 Å². The van der Waals surface area contributed by atoms with E-state index in [4.69, 9.17) is 4.74 Å². The standard InChI is InChI=1S/C7H14NO2.Hg/c1-3-5-10-6-4-8-7(2)9;/h2-6H2,1H3,(H,8,9);. The molecular weight excluding hydrogens is 331 g/mol. The quantitative estimate of drug-likeness (QED) is 0.563. The van der Waals surface area contributed by atoms with Gasteiger partial charge in [-0.2, -0.15) is 0 Å². The van der Waals surface area contributed by atoms with Gasteiger partial charge in [0.2, 0.25) is 0 Å². The molecule has 61 valence electrons. The first kappa shape index (κ1) is 11.4. The molecule has 0 aromatic heterocycles. The molecule has 0 spiro atoms. The molecule has 0 radical (unpaired) electrons. The fourth-order valence-electron chi connectivity index (χ4n) is 0.597.